The second kappa shape index (κ2) is 16.7. The molecule has 6 rings (SSSR count). The number of nitrogens with zero attached hydrogens (tertiary/aromatic N) is 6. The molecule has 3 aromatic carbocycles. The molecule has 1 atom stereocenters. The summed E-state index contributed by atoms with van der Waals surface area (Å²) in [5.74, 6) is 0.0434. The lowest BCUT2D eigenvalue weighted by atomic mass is 9.80. The van der Waals surface area contributed by atoms with Crippen LogP contribution in [0.15, 0.2) is 84.1 Å². The number of sulfonamides is 1. The lowest BCUT2D eigenvalue weighted by molar-refractivity contribution is -0.137. The Hall–Kier alpha value is -4.47. The fourth-order valence-corrected chi connectivity index (χ4v) is 9.37. The van der Waals surface area contributed by atoms with Gasteiger partial charge >= 0.3 is 6.18 Å². The van der Waals surface area contributed by atoms with E-state index in [1.54, 1.807) is 30.3 Å². The van der Waals surface area contributed by atoms with Crippen molar-refractivity contribution in [2.45, 2.75) is 67.7 Å². The summed E-state index contributed by atoms with van der Waals surface area (Å²) in [6.07, 6.45) is 2.77. The Labute approximate surface area is 320 Å². The van der Waals surface area contributed by atoms with Gasteiger partial charge in [0.1, 0.15) is 34.4 Å². The summed E-state index contributed by atoms with van der Waals surface area (Å²) in [5, 5.41) is 0. The van der Waals surface area contributed by atoms with Gasteiger partial charge in [0.15, 0.2) is 0 Å². The molecule has 15 heteroatoms. The van der Waals surface area contributed by atoms with Crippen LogP contribution >= 0.6 is 0 Å². The highest BCUT2D eigenvalue weighted by Crippen LogP contribution is 2.39. The second-order valence-electron chi connectivity index (χ2n) is 14.5. The number of hydrogen-bond donors (Lipinski definition) is 0. The van der Waals surface area contributed by atoms with Crippen molar-refractivity contribution < 1.29 is 35.5 Å². The number of methoxy groups -OCH3 is 2. The molecule has 55 heavy (non-hydrogen) atoms. The largest absolute Gasteiger partial charge is 0.497 e. The number of anilines is 2. The predicted molar refractivity (Wildman–Crippen MR) is 204 cm³/mol. The van der Waals surface area contributed by atoms with Crippen LogP contribution in [0.1, 0.15) is 48.8 Å². The zero-order valence-corrected chi connectivity index (χ0v) is 32.4. The molecule has 3 heterocycles. The molecule has 10 nitrogen and oxygen atoms in total. The average Bonchev–Trinajstić information content (AvgIpc) is 3.19. The van der Waals surface area contributed by atoms with Crippen molar-refractivity contribution in [1.82, 2.24) is 19.8 Å². The molecule has 1 unspecified atom stereocenters. The average molecular weight is 785 g/mol. The lowest BCUT2D eigenvalue weighted by Gasteiger charge is -2.53. The van der Waals surface area contributed by atoms with E-state index in [9.17, 15) is 21.6 Å². The highest BCUT2D eigenvalue weighted by Gasteiger charge is 2.42. The molecule has 1 aromatic heterocycles. The molecule has 2 saturated heterocycles. The van der Waals surface area contributed by atoms with E-state index in [0.717, 1.165) is 49.1 Å². The maximum atomic E-state index is 16.3. The van der Waals surface area contributed by atoms with Crippen molar-refractivity contribution in [2.24, 2.45) is 0 Å². The summed E-state index contributed by atoms with van der Waals surface area (Å²) in [4.78, 5) is 14.4. The summed E-state index contributed by atoms with van der Waals surface area (Å²) in [6.45, 7) is 2.80. The SMILES string of the molecule is COc1ccc(CN(c2ccncn2)S(=O)(=O)c2ccc(N3CCCC(CCc4cccc(C(F)(F)F)c4)(N(C)C4CCN(C)CC4)C3)cc2F)c(OC)c1. The monoisotopic (exact) mass is 784 g/mol. The first-order chi connectivity index (χ1) is 26.2. The Morgan fingerprint density at radius 2 is 1.76 bits per heavy atom. The number of piperidine rings is 2. The number of halogens is 4. The minimum atomic E-state index is -4.51. The Kier molecular flexibility index (Phi) is 12.2. The maximum absolute atomic E-state index is 16.3. The van der Waals surface area contributed by atoms with E-state index in [1.807, 2.05) is 0 Å². The van der Waals surface area contributed by atoms with Crippen LogP contribution < -0.4 is 18.7 Å². The van der Waals surface area contributed by atoms with Crippen molar-refractivity contribution in [2.75, 3.05) is 63.7 Å². The topological polar surface area (TPSA) is 91.3 Å². The van der Waals surface area contributed by atoms with Gasteiger partial charge in [0.2, 0.25) is 0 Å². The fraction of sp³-hybridized carbons (Fsp3) is 0.450. The highest BCUT2D eigenvalue weighted by molar-refractivity contribution is 7.92. The smallest absolute Gasteiger partial charge is 0.416 e. The van der Waals surface area contributed by atoms with Gasteiger partial charge in [0, 0.05) is 54.3 Å². The van der Waals surface area contributed by atoms with E-state index in [1.165, 1.54) is 57.1 Å². The van der Waals surface area contributed by atoms with Gasteiger partial charge < -0.3 is 19.3 Å². The fourth-order valence-electron chi connectivity index (χ4n) is 7.92. The van der Waals surface area contributed by atoms with Crippen LogP contribution in [0.3, 0.4) is 0 Å². The highest BCUT2D eigenvalue weighted by atomic mass is 32.2. The van der Waals surface area contributed by atoms with Crippen LogP contribution in [-0.2, 0) is 29.2 Å². The molecule has 2 aliphatic rings. The number of benzene rings is 3. The molecule has 0 saturated carbocycles. The summed E-state index contributed by atoms with van der Waals surface area (Å²) in [6, 6.07) is 16.4. The van der Waals surface area contributed by atoms with E-state index < -0.39 is 38.0 Å². The standard InChI is InChI=1S/C40H48F4N6O4S/c1-47-21-15-32(16-22-47)48(2)39(18-13-29-7-5-8-31(23-29)40(42,43)44)17-6-20-49(27-39)33-10-12-37(35(41)24-33)55(51,52)50(38-14-19-45-28-46-38)26-30-9-11-34(53-3)25-36(30)54-4/h5,7-12,14,19,23-25,28,32H,6,13,15-18,20-22,26-27H2,1-4H3. The third-order valence-corrected chi connectivity index (χ3v) is 12.9. The Balaban J connectivity index is 1.30. The van der Waals surface area contributed by atoms with Gasteiger partial charge in [-0.2, -0.15) is 13.2 Å². The van der Waals surface area contributed by atoms with Crippen molar-refractivity contribution in [3.63, 3.8) is 0 Å². The Morgan fingerprint density at radius 1 is 0.982 bits per heavy atom. The second-order valence-corrected chi connectivity index (χ2v) is 16.3. The lowest BCUT2D eigenvalue weighted by Crippen LogP contribution is -2.61. The minimum Gasteiger partial charge on any atom is -0.497 e. The van der Waals surface area contributed by atoms with Gasteiger partial charge in [0.25, 0.3) is 10.0 Å². The van der Waals surface area contributed by atoms with E-state index >= 15 is 4.39 Å². The number of alkyl halides is 3. The van der Waals surface area contributed by atoms with E-state index in [-0.39, 0.29) is 18.4 Å². The maximum Gasteiger partial charge on any atom is 0.416 e. The number of rotatable bonds is 13. The summed E-state index contributed by atoms with van der Waals surface area (Å²) in [7, 11) is 2.68. The number of likely N-dealkylation sites (N-methyl/N-ethyl adjacent to an activating group) is 1. The summed E-state index contributed by atoms with van der Waals surface area (Å²) in [5.41, 5.74) is 0.562. The minimum absolute atomic E-state index is 0.0508. The van der Waals surface area contributed by atoms with Gasteiger partial charge in [0.05, 0.1) is 26.3 Å². The molecule has 296 valence electrons. The first-order valence-electron chi connectivity index (χ1n) is 18.4. The molecular formula is C40H48F4N6O4S. The van der Waals surface area contributed by atoms with Crippen LogP contribution in [0.5, 0.6) is 11.5 Å². The molecule has 0 radical (unpaired) electrons. The molecule has 0 amide bonds. The van der Waals surface area contributed by atoms with Crippen molar-refractivity contribution >= 4 is 21.5 Å². The number of aromatic nitrogens is 2. The number of ether oxygens (including phenoxy) is 2. The first kappa shape index (κ1) is 40.2. The Morgan fingerprint density at radius 3 is 2.44 bits per heavy atom. The number of likely N-dealkylation sites (tertiary alicyclic amines) is 1. The third kappa shape index (κ3) is 9.00. The Bertz CT molecular complexity index is 2030. The van der Waals surface area contributed by atoms with E-state index in [2.05, 4.69) is 38.8 Å². The van der Waals surface area contributed by atoms with Gasteiger partial charge in [-0.1, -0.05) is 18.2 Å². The van der Waals surface area contributed by atoms with Crippen LogP contribution in [0.4, 0.5) is 29.1 Å². The van der Waals surface area contributed by atoms with Gasteiger partial charge in [-0.05, 0) is 108 Å². The normalized spacial score (nSPS) is 18.7. The van der Waals surface area contributed by atoms with Gasteiger partial charge in [-0.3, -0.25) is 4.90 Å². The van der Waals surface area contributed by atoms with E-state index in [0.29, 0.717) is 54.2 Å². The first-order valence-corrected chi connectivity index (χ1v) is 19.8. The number of hydrogen-bond acceptors (Lipinski definition) is 9. The quantitative estimate of drug-likeness (QED) is 0.133. The van der Waals surface area contributed by atoms with Crippen molar-refractivity contribution in [1.29, 1.82) is 0 Å². The zero-order valence-electron chi connectivity index (χ0n) is 31.6. The van der Waals surface area contributed by atoms with Crippen LogP contribution in [0.25, 0.3) is 0 Å². The molecule has 0 spiro atoms. The van der Waals surface area contributed by atoms with E-state index in [4.69, 9.17) is 9.47 Å². The van der Waals surface area contributed by atoms with Crippen molar-refractivity contribution in [3.8, 4) is 11.5 Å². The van der Waals surface area contributed by atoms with Gasteiger partial charge in [-0.15, -0.1) is 0 Å². The van der Waals surface area contributed by atoms with Crippen LogP contribution in [-0.4, -0.2) is 94.3 Å². The summed E-state index contributed by atoms with van der Waals surface area (Å²) >= 11 is 0. The zero-order chi connectivity index (χ0) is 39.4. The molecule has 0 bridgehead atoms. The molecule has 4 aromatic rings. The molecular weight excluding hydrogens is 737 g/mol. The van der Waals surface area contributed by atoms with Crippen LogP contribution in [0.2, 0.25) is 0 Å². The predicted octanol–water partition coefficient (Wildman–Crippen LogP) is 7.05. The molecule has 0 N–H and O–H groups in total. The number of aryl methyl sites for hydroxylation is 1. The summed E-state index contributed by atoms with van der Waals surface area (Å²) < 4.78 is 97.6. The third-order valence-electron chi connectivity index (χ3n) is 11.2. The van der Waals surface area contributed by atoms with Crippen molar-refractivity contribution in [3.05, 3.63) is 102 Å². The van der Waals surface area contributed by atoms with Gasteiger partial charge in [-0.25, -0.2) is 27.1 Å². The van der Waals surface area contributed by atoms with Crippen LogP contribution in [0, 0.1) is 5.82 Å². The molecule has 0 aliphatic carbocycles. The molecule has 2 aliphatic heterocycles. The molecule has 2 fully saturated rings.